The Morgan fingerprint density at radius 1 is 0.431 bits per heavy atom. The first kappa shape index (κ1) is 29.7. The molecule has 0 radical (unpaired) electrons. The van der Waals surface area contributed by atoms with Gasteiger partial charge in [0.25, 0.3) is 0 Å². The van der Waals surface area contributed by atoms with Gasteiger partial charge in [0.15, 0.2) is 0 Å². The summed E-state index contributed by atoms with van der Waals surface area (Å²) in [6.07, 6.45) is 8.03. The van der Waals surface area contributed by atoms with Crippen LogP contribution in [0.4, 0.5) is 17.1 Å². The van der Waals surface area contributed by atoms with Gasteiger partial charge in [-0.3, -0.25) is 0 Å². The molecule has 0 aliphatic heterocycles. The van der Waals surface area contributed by atoms with E-state index in [2.05, 4.69) is 211 Å². The van der Waals surface area contributed by atoms with Crippen LogP contribution in [0.2, 0.25) is 0 Å². The Kier molecular flexibility index (Phi) is 6.82. The molecule has 3 unspecified atom stereocenters. The van der Waals surface area contributed by atoms with Gasteiger partial charge < -0.3 is 4.90 Å². The number of nitrogens with zero attached hydrogens (tertiary/aromatic N) is 1. The van der Waals surface area contributed by atoms with Gasteiger partial charge in [0.05, 0.1) is 10.8 Å². The number of hydrogen-bond acceptors (Lipinski definition) is 1. The first-order chi connectivity index (χ1) is 25.3. The van der Waals surface area contributed by atoms with Crippen LogP contribution in [-0.2, 0) is 10.8 Å². The minimum Gasteiger partial charge on any atom is -0.311 e. The Balaban J connectivity index is 1.28. The van der Waals surface area contributed by atoms with E-state index in [1.807, 2.05) is 0 Å². The minimum atomic E-state index is -0.536. The van der Waals surface area contributed by atoms with E-state index in [1.165, 1.54) is 50.1 Å². The molecule has 242 valence electrons. The molecule has 3 aliphatic carbocycles. The molecular weight excluding hydrogens is 615 g/mol. The van der Waals surface area contributed by atoms with Gasteiger partial charge in [0, 0.05) is 23.0 Å². The zero-order chi connectivity index (χ0) is 33.8. The third-order valence-electron chi connectivity index (χ3n) is 11.6. The molecule has 3 aliphatic rings. The smallest absolute Gasteiger partial charge is 0.0708 e. The van der Waals surface area contributed by atoms with Crippen molar-refractivity contribution in [1.29, 1.82) is 0 Å². The van der Waals surface area contributed by atoms with Gasteiger partial charge >= 0.3 is 0 Å². The largest absolute Gasteiger partial charge is 0.311 e. The van der Waals surface area contributed by atoms with Gasteiger partial charge in [-0.25, -0.2) is 0 Å². The van der Waals surface area contributed by atoms with E-state index < -0.39 is 5.41 Å². The number of fused-ring (bicyclic) bond motifs is 5. The highest BCUT2D eigenvalue weighted by Gasteiger charge is 2.60. The fourth-order valence-corrected chi connectivity index (χ4v) is 9.78. The molecule has 10 rings (SSSR count). The number of para-hydroxylation sites is 2. The number of anilines is 3. The topological polar surface area (TPSA) is 3.24 Å². The van der Waals surface area contributed by atoms with E-state index in [0.717, 1.165) is 23.5 Å². The van der Waals surface area contributed by atoms with Crippen LogP contribution in [0.15, 0.2) is 206 Å². The molecule has 0 N–H and O–H groups in total. The molecule has 0 fully saturated rings. The van der Waals surface area contributed by atoms with Crippen LogP contribution in [-0.4, -0.2) is 0 Å². The van der Waals surface area contributed by atoms with Crippen molar-refractivity contribution in [2.45, 2.75) is 17.3 Å². The van der Waals surface area contributed by atoms with Crippen molar-refractivity contribution in [3.05, 3.63) is 251 Å². The summed E-state index contributed by atoms with van der Waals surface area (Å²) in [6.45, 7) is 0. The summed E-state index contributed by atoms with van der Waals surface area (Å²) >= 11 is 0. The zero-order valence-corrected chi connectivity index (χ0v) is 28.4. The summed E-state index contributed by atoms with van der Waals surface area (Å²) in [5.41, 5.74) is 14.9. The van der Waals surface area contributed by atoms with Crippen LogP contribution in [0, 0.1) is 5.92 Å². The maximum absolute atomic E-state index is 2.43. The number of rotatable bonds is 6. The van der Waals surface area contributed by atoms with Crippen LogP contribution in [0.3, 0.4) is 0 Å². The van der Waals surface area contributed by atoms with E-state index in [9.17, 15) is 0 Å². The van der Waals surface area contributed by atoms with Crippen LogP contribution in [0.5, 0.6) is 0 Å². The molecule has 0 amide bonds. The normalized spacial score (nSPS) is 20.9. The highest BCUT2D eigenvalue weighted by atomic mass is 15.1. The monoisotopic (exact) mass is 651 g/mol. The van der Waals surface area contributed by atoms with Gasteiger partial charge in [0.1, 0.15) is 0 Å². The molecule has 0 saturated heterocycles. The van der Waals surface area contributed by atoms with Crippen LogP contribution in [0.25, 0.3) is 5.57 Å². The van der Waals surface area contributed by atoms with E-state index >= 15 is 0 Å². The van der Waals surface area contributed by atoms with Crippen LogP contribution < -0.4 is 4.90 Å². The Hall–Kier alpha value is -6.18. The van der Waals surface area contributed by atoms with Crippen molar-refractivity contribution in [2.24, 2.45) is 5.92 Å². The fourth-order valence-electron chi connectivity index (χ4n) is 9.78. The molecule has 0 aromatic heterocycles. The molecular formula is C50H37N. The van der Waals surface area contributed by atoms with Gasteiger partial charge in [-0.15, -0.1) is 0 Å². The summed E-state index contributed by atoms with van der Waals surface area (Å²) in [5.74, 6) is 0.309. The van der Waals surface area contributed by atoms with Crippen LogP contribution in [0.1, 0.15) is 50.9 Å². The van der Waals surface area contributed by atoms with Crippen molar-refractivity contribution in [3.63, 3.8) is 0 Å². The summed E-state index contributed by atoms with van der Waals surface area (Å²) in [6, 6.07) is 69.8. The number of hydrogen-bond donors (Lipinski definition) is 0. The van der Waals surface area contributed by atoms with Gasteiger partial charge in [-0.2, -0.15) is 0 Å². The van der Waals surface area contributed by atoms with Gasteiger partial charge in [0.2, 0.25) is 0 Å². The zero-order valence-electron chi connectivity index (χ0n) is 28.4. The molecule has 7 aromatic rings. The molecule has 51 heavy (non-hydrogen) atoms. The first-order valence-electron chi connectivity index (χ1n) is 18.1. The molecule has 0 bridgehead atoms. The third kappa shape index (κ3) is 4.15. The molecule has 1 heteroatoms. The highest BCUT2D eigenvalue weighted by Crippen LogP contribution is 2.67. The molecule has 0 spiro atoms. The third-order valence-corrected chi connectivity index (χ3v) is 11.6. The highest BCUT2D eigenvalue weighted by molar-refractivity contribution is 5.89. The van der Waals surface area contributed by atoms with Crippen molar-refractivity contribution in [2.75, 3.05) is 4.90 Å². The lowest BCUT2D eigenvalue weighted by Crippen LogP contribution is -2.46. The quantitative estimate of drug-likeness (QED) is 0.173. The average molecular weight is 652 g/mol. The van der Waals surface area contributed by atoms with Crippen molar-refractivity contribution in [1.82, 2.24) is 0 Å². The molecule has 1 nitrogen and oxygen atoms in total. The van der Waals surface area contributed by atoms with E-state index in [-0.39, 0.29) is 5.41 Å². The van der Waals surface area contributed by atoms with Crippen LogP contribution >= 0.6 is 0 Å². The summed E-state index contributed by atoms with van der Waals surface area (Å²) in [5, 5.41) is 0. The predicted molar refractivity (Wildman–Crippen MR) is 211 cm³/mol. The summed E-state index contributed by atoms with van der Waals surface area (Å²) in [4.78, 5) is 2.35. The minimum absolute atomic E-state index is 0.309. The number of benzene rings is 7. The van der Waals surface area contributed by atoms with E-state index in [4.69, 9.17) is 0 Å². The van der Waals surface area contributed by atoms with Crippen molar-refractivity contribution < 1.29 is 0 Å². The predicted octanol–water partition coefficient (Wildman–Crippen LogP) is 12.2. The molecule has 0 saturated carbocycles. The Bertz CT molecular complexity index is 2390. The number of allylic oxidation sites excluding steroid dienone is 4. The Morgan fingerprint density at radius 2 is 0.941 bits per heavy atom. The Labute approximate surface area is 300 Å². The van der Waals surface area contributed by atoms with E-state index in [0.29, 0.717) is 5.92 Å². The molecule has 7 aromatic carbocycles. The lowest BCUT2D eigenvalue weighted by molar-refractivity contribution is 0.454. The SMILES string of the molecule is C1=CCC2C(=C1)c1cccc3c1C2(c1ccccc1)c1ccccc1C3(c1ccccc1)c1ccc(N(c2ccccc2)c2ccccc2)cc1. The Morgan fingerprint density at radius 3 is 1.59 bits per heavy atom. The summed E-state index contributed by atoms with van der Waals surface area (Å²) in [7, 11) is 0. The maximum Gasteiger partial charge on any atom is 0.0708 e. The molecule has 0 heterocycles. The van der Waals surface area contributed by atoms with Gasteiger partial charge in [-0.1, -0.05) is 170 Å². The average Bonchev–Trinajstić information content (AvgIpc) is 3.52. The lowest BCUT2D eigenvalue weighted by atomic mass is 9.50. The first-order valence-corrected chi connectivity index (χ1v) is 18.1. The van der Waals surface area contributed by atoms with E-state index in [1.54, 1.807) is 0 Å². The lowest BCUT2D eigenvalue weighted by Gasteiger charge is -2.51. The maximum atomic E-state index is 2.43. The standard InChI is InChI=1S/C50H37N/c1-5-18-36(19-6-1)49(38-32-34-41(35-33-38)51(39-22-9-3-10-23-39)40-24-11-4-12-25-40)45-29-15-16-30-46(45)50(37-20-7-2-8-21-37)44-28-14-13-26-42(44)43-27-17-31-47(49)48(43)50/h1-27,29-35,44H,28H2. The molecule has 3 atom stereocenters. The second kappa shape index (κ2) is 11.7. The van der Waals surface area contributed by atoms with Crippen molar-refractivity contribution >= 4 is 22.6 Å². The van der Waals surface area contributed by atoms with Crippen molar-refractivity contribution in [3.8, 4) is 0 Å². The van der Waals surface area contributed by atoms with Gasteiger partial charge in [-0.05, 0) is 92.9 Å². The summed E-state index contributed by atoms with van der Waals surface area (Å²) < 4.78 is 0. The fraction of sp³-hybridized carbons (Fsp3) is 0.0800. The second-order valence-electron chi connectivity index (χ2n) is 14.0. The second-order valence-corrected chi connectivity index (χ2v) is 14.0.